The van der Waals surface area contributed by atoms with Crippen LogP contribution in [-0.4, -0.2) is 30.1 Å². The van der Waals surface area contributed by atoms with Gasteiger partial charge in [-0.3, -0.25) is 0 Å². The van der Waals surface area contributed by atoms with Gasteiger partial charge in [-0.1, -0.05) is 12.1 Å². The number of carbonyl (C=O) groups is 1. The van der Waals surface area contributed by atoms with Gasteiger partial charge in [0.25, 0.3) is 0 Å². The molecule has 25 heavy (non-hydrogen) atoms. The summed E-state index contributed by atoms with van der Waals surface area (Å²) < 4.78 is 38.9. The minimum Gasteiger partial charge on any atom is -0.347 e. The quantitative estimate of drug-likeness (QED) is 0.880. The Bertz CT molecular complexity index is 767. The Morgan fingerprint density at radius 2 is 1.60 bits per heavy atom. The van der Waals surface area contributed by atoms with Crippen molar-refractivity contribution in [1.82, 2.24) is 9.97 Å². The Labute approximate surface area is 143 Å². The number of aryl methyl sites for hydroxylation is 2. The predicted octanol–water partition coefficient (Wildman–Crippen LogP) is 3.82. The first-order valence-electron chi connectivity index (χ1n) is 7.36. The maximum Gasteiger partial charge on any atom is 0.418 e. The third-order valence-electron chi connectivity index (χ3n) is 3.38. The van der Waals surface area contributed by atoms with Crippen LogP contribution < -0.4 is 15.5 Å². The minimum absolute atomic E-state index is 0.325. The van der Waals surface area contributed by atoms with E-state index >= 15 is 0 Å². The molecule has 2 rings (SSSR count). The van der Waals surface area contributed by atoms with E-state index in [1.54, 1.807) is 32.8 Å². The van der Waals surface area contributed by atoms with Crippen molar-refractivity contribution in [2.45, 2.75) is 20.0 Å². The van der Waals surface area contributed by atoms with E-state index in [4.69, 9.17) is 0 Å². The number of rotatable bonds is 3. The van der Waals surface area contributed by atoms with Gasteiger partial charge in [0.15, 0.2) is 0 Å². The number of aromatic nitrogens is 2. The van der Waals surface area contributed by atoms with E-state index < -0.39 is 17.8 Å². The molecular weight excluding hydrogens is 335 g/mol. The Hall–Kier alpha value is -2.84. The minimum atomic E-state index is -4.56. The molecule has 0 unspecified atom stereocenters. The summed E-state index contributed by atoms with van der Waals surface area (Å²) in [5.41, 5.74) is 0.130. The molecule has 1 aromatic carbocycles. The molecule has 0 aliphatic rings. The number of alkyl halides is 3. The van der Waals surface area contributed by atoms with Gasteiger partial charge < -0.3 is 15.5 Å². The van der Waals surface area contributed by atoms with E-state index in [1.807, 2.05) is 0 Å². The van der Waals surface area contributed by atoms with Crippen LogP contribution in [0, 0.1) is 13.8 Å². The number of amides is 2. The molecule has 0 fully saturated rings. The van der Waals surface area contributed by atoms with Crippen LogP contribution >= 0.6 is 0 Å². The zero-order valence-electron chi connectivity index (χ0n) is 14.2. The molecular formula is C16H18F3N5O. The average Bonchev–Trinajstić information content (AvgIpc) is 2.50. The highest BCUT2D eigenvalue weighted by molar-refractivity contribution is 6.01. The van der Waals surface area contributed by atoms with Crippen LogP contribution in [0.25, 0.3) is 0 Å². The highest BCUT2D eigenvalue weighted by Crippen LogP contribution is 2.34. The molecule has 0 saturated heterocycles. The molecule has 6 nitrogen and oxygen atoms in total. The van der Waals surface area contributed by atoms with E-state index in [2.05, 4.69) is 20.6 Å². The van der Waals surface area contributed by atoms with Crippen LogP contribution in [0.2, 0.25) is 0 Å². The number of para-hydroxylation sites is 1. The molecule has 0 radical (unpaired) electrons. The summed E-state index contributed by atoms with van der Waals surface area (Å²) >= 11 is 0. The van der Waals surface area contributed by atoms with Crippen molar-refractivity contribution in [3.8, 4) is 0 Å². The zero-order chi connectivity index (χ0) is 18.8. The van der Waals surface area contributed by atoms with Crippen molar-refractivity contribution in [2.75, 3.05) is 29.6 Å². The zero-order valence-corrected chi connectivity index (χ0v) is 14.2. The van der Waals surface area contributed by atoms with E-state index in [9.17, 15) is 18.0 Å². The SMILES string of the molecule is Cc1nc(N(C)C)nc(C)c1NC(=O)Nc1ccccc1C(F)(F)F. The normalized spacial score (nSPS) is 11.2. The first kappa shape index (κ1) is 18.5. The molecule has 0 atom stereocenters. The second-order valence-electron chi connectivity index (χ2n) is 5.59. The standard InChI is InChI=1S/C16H18F3N5O/c1-9-13(10(2)21-14(20-9)24(3)4)23-15(25)22-12-8-6-5-7-11(12)16(17,18)19/h5-8H,1-4H3,(H2,22,23,25). The molecule has 0 aliphatic heterocycles. The van der Waals surface area contributed by atoms with Gasteiger partial charge in [0.1, 0.15) is 0 Å². The smallest absolute Gasteiger partial charge is 0.347 e. The van der Waals surface area contributed by atoms with Crippen molar-refractivity contribution in [2.24, 2.45) is 0 Å². The van der Waals surface area contributed by atoms with Gasteiger partial charge in [-0.05, 0) is 26.0 Å². The highest BCUT2D eigenvalue weighted by atomic mass is 19.4. The molecule has 0 aliphatic carbocycles. The van der Waals surface area contributed by atoms with E-state index in [0.29, 0.717) is 23.0 Å². The summed E-state index contributed by atoms with van der Waals surface area (Å²) in [6.45, 7) is 3.36. The van der Waals surface area contributed by atoms with Crippen molar-refractivity contribution < 1.29 is 18.0 Å². The fraction of sp³-hybridized carbons (Fsp3) is 0.312. The molecule has 1 heterocycles. The predicted molar refractivity (Wildman–Crippen MR) is 89.9 cm³/mol. The number of halogens is 3. The van der Waals surface area contributed by atoms with Crippen molar-refractivity contribution in [3.05, 3.63) is 41.2 Å². The number of benzene rings is 1. The number of carbonyl (C=O) groups excluding carboxylic acids is 1. The molecule has 2 N–H and O–H groups in total. The first-order chi connectivity index (χ1) is 11.6. The average molecular weight is 353 g/mol. The lowest BCUT2D eigenvalue weighted by molar-refractivity contribution is -0.136. The van der Waals surface area contributed by atoms with Gasteiger partial charge >= 0.3 is 12.2 Å². The molecule has 2 aromatic rings. The first-order valence-corrected chi connectivity index (χ1v) is 7.36. The summed E-state index contributed by atoms with van der Waals surface area (Å²) in [5.74, 6) is 0.475. The van der Waals surface area contributed by atoms with Crippen molar-refractivity contribution >= 4 is 23.4 Å². The summed E-state index contributed by atoms with van der Waals surface area (Å²) in [5, 5.41) is 4.73. The van der Waals surface area contributed by atoms with Crippen molar-refractivity contribution in [3.63, 3.8) is 0 Å². The molecule has 0 saturated carbocycles. The summed E-state index contributed by atoms with van der Waals surface area (Å²) in [7, 11) is 3.56. The Balaban J connectivity index is 2.23. The van der Waals surface area contributed by atoms with Crippen LogP contribution in [0.3, 0.4) is 0 Å². The molecule has 0 spiro atoms. The third kappa shape index (κ3) is 4.37. The van der Waals surface area contributed by atoms with Gasteiger partial charge in [-0.2, -0.15) is 13.2 Å². The highest BCUT2D eigenvalue weighted by Gasteiger charge is 2.33. The van der Waals surface area contributed by atoms with Gasteiger partial charge in [-0.15, -0.1) is 0 Å². The van der Waals surface area contributed by atoms with Crippen LogP contribution in [0.15, 0.2) is 24.3 Å². The van der Waals surface area contributed by atoms with Gasteiger partial charge in [0.05, 0.1) is 28.3 Å². The summed E-state index contributed by atoms with van der Waals surface area (Å²) in [4.78, 5) is 22.3. The third-order valence-corrected chi connectivity index (χ3v) is 3.38. The largest absolute Gasteiger partial charge is 0.418 e. The van der Waals surface area contributed by atoms with E-state index in [0.717, 1.165) is 6.07 Å². The van der Waals surface area contributed by atoms with Crippen molar-refractivity contribution in [1.29, 1.82) is 0 Å². The number of hydrogen-bond acceptors (Lipinski definition) is 4. The number of hydrogen-bond donors (Lipinski definition) is 2. The monoisotopic (exact) mass is 353 g/mol. The topological polar surface area (TPSA) is 70.2 Å². The van der Waals surface area contributed by atoms with Gasteiger partial charge in [0, 0.05) is 14.1 Å². The number of anilines is 3. The van der Waals surface area contributed by atoms with Crippen LogP contribution in [0.1, 0.15) is 17.0 Å². The maximum absolute atomic E-state index is 13.0. The second-order valence-corrected chi connectivity index (χ2v) is 5.59. The molecule has 134 valence electrons. The Morgan fingerprint density at radius 3 is 2.12 bits per heavy atom. The fourth-order valence-electron chi connectivity index (χ4n) is 2.19. The lowest BCUT2D eigenvalue weighted by atomic mass is 10.1. The van der Waals surface area contributed by atoms with Crippen LogP contribution in [0.5, 0.6) is 0 Å². The van der Waals surface area contributed by atoms with E-state index in [1.165, 1.54) is 18.2 Å². The molecule has 1 aromatic heterocycles. The van der Waals surface area contributed by atoms with E-state index in [-0.39, 0.29) is 5.69 Å². The Kier molecular flexibility index (Phi) is 5.15. The van der Waals surface area contributed by atoms with Crippen LogP contribution in [-0.2, 0) is 6.18 Å². The van der Waals surface area contributed by atoms with Gasteiger partial charge in [-0.25, -0.2) is 14.8 Å². The van der Waals surface area contributed by atoms with Gasteiger partial charge in [0.2, 0.25) is 5.95 Å². The number of nitrogens with one attached hydrogen (secondary N) is 2. The maximum atomic E-state index is 13.0. The molecule has 9 heteroatoms. The summed E-state index contributed by atoms with van der Waals surface area (Å²) in [6.07, 6.45) is -4.56. The lowest BCUT2D eigenvalue weighted by Gasteiger charge is -2.17. The van der Waals surface area contributed by atoms with Crippen LogP contribution in [0.4, 0.5) is 35.3 Å². The number of nitrogens with zero attached hydrogens (tertiary/aromatic N) is 3. The number of urea groups is 1. The lowest BCUT2D eigenvalue weighted by Crippen LogP contribution is -2.24. The fourth-order valence-corrected chi connectivity index (χ4v) is 2.19. The molecule has 0 bridgehead atoms. The summed E-state index contributed by atoms with van der Waals surface area (Å²) in [6, 6.07) is 3.96. The second kappa shape index (κ2) is 6.96. The molecule has 2 amide bonds. The Morgan fingerprint density at radius 1 is 1.04 bits per heavy atom.